The third kappa shape index (κ3) is 4.17. The summed E-state index contributed by atoms with van der Waals surface area (Å²) in [6.45, 7) is 4.41. The fourth-order valence-electron chi connectivity index (χ4n) is 2.81. The molecule has 148 valence electrons. The van der Waals surface area contributed by atoms with Gasteiger partial charge in [0.2, 0.25) is 0 Å². The van der Waals surface area contributed by atoms with Gasteiger partial charge in [-0.05, 0) is 32.0 Å². The number of nitrogens with zero attached hydrogens (tertiary/aromatic N) is 5. The van der Waals surface area contributed by atoms with E-state index in [0.717, 1.165) is 17.0 Å². The summed E-state index contributed by atoms with van der Waals surface area (Å²) in [5.74, 6) is -0.302. The highest BCUT2D eigenvalue weighted by Crippen LogP contribution is 2.21. The predicted octanol–water partition coefficient (Wildman–Crippen LogP) is 3.33. The molecule has 0 N–H and O–H groups in total. The van der Waals surface area contributed by atoms with Crippen LogP contribution in [-0.4, -0.2) is 37.4 Å². The average molecular weight is 406 g/mol. The largest absolute Gasteiger partial charge is 0.471 e. The van der Waals surface area contributed by atoms with Gasteiger partial charge < -0.3 is 9.64 Å². The van der Waals surface area contributed by atoms with Crippen LogP contribution in [0, 0.1) is 19.7 Å². The van der Waals surface area contributed by atoms with Crippen molar-refractivity contribution in [2.75, 3.05) is 7.05 Å². The molecule has 2 aromatic heterocycles. The highest BCUT2D eigenvalue weighted by molar-refractivity contribution is 6.30. The molecule has 0 saturated carbocycles. The Kier molecular flexibility index (Phi) is 5.69. The molecule has 9 heteroatoms. The number of halogens is 2. The third-order valence-electron chi connectivity index (χ3n) is 4.52. The molecule has 1 aromatic carbocycles. The lowest BCUT2D eigenvalue weighted by Crippen LogP contribution is -2.27. The molecule has 0 atom stereocenters. The van der Waals surface area contributed by atoms with Crippen molar-refractivity contribution in [2.24, 2.45) is 7.05 Å². The smallest absolute Gasteiger partial charge is 0.274 e. The molecule has 0 unspecified atom stereocenters. The molecule has 7 nitrogen and oxygen atoms in total. The van der Waals surface area contributed by atoms with Crippen molar-refractivity contribution in [1.29, 1.82) is 0 Å². The highest BCUT2D eigenvalue weighted by Gasteiger charge is 2.18. The summed E-state index contributed by atoms with van der Waals surface area (Å²) in [4.78, 5) is 14.3. The zero-order valence-corrected chi connectivity index (χ0v) is 16.9. The number of rotatable bonds is 6. The molecule has 0 aliphatic rings. The van der Waals surface area contributed by atoms with Gasteiger partial charge in [0.15, 0.2) is 12.4 Å². The second-order valence-corrected chi connectivity index (χ2v) is 6.93. The Bertz CT molecular complexity index is 1010. The first-order valence-electron chi connectivity index (χ1n) is 8.62. The average Bonchev–Trinajstić information content (AvgIpc) is 3.22. The summed E-state index contributed by atoms with van der Waals surface area (Å²) in [5.41, 5.74) is 3.25. The van der Waals surface area contributed by atoms with Gasteiger partial charge in [0.1, 0.15) is 11.6 Å². The molecule has 1 amide bonds. The SMILES string of the molecule is Cc1nn(C)c(C)c1CN(C)C(=O)c1ccn(COc2ccc(F)c(Cl)c2)n1. The second kappa shape index (κ2) is 8.02. The van der Waals surface area contributed by atoms with E-state index in [0.29, 0.717) is 18.0 Å². The number of ether oxygens (including phenoxy) is 1. The molecule has 0 radical (unpaired) electrons. The van der Waals surface area contributed by atoms with Crippen LogP contribution in [0.1, 0.15) is 27.4 Å². The predicted molar refractivity (Wildman–Crippen MR) is 103 cm³/mol. The van der Waals surface area contributed by atoms with Gasteiger partial charge in [-0.25, -0.2) is 9.07 Å². The summed E-state index contributed by atoms with van der Waals surface area (Å²) in [5, 5.41) is 8.61. The van der Waals surface area contributed by atoms with E-state index in [1.165, 1.54) is 22.9 Å². The molecule has 0 bridgehead atoms. The normalized spacial score (nSPS) is 10.9. The lowest BCUT2D eigenvalue weighted by atomic mass is 10.2. The number of hydrogen-bond acceptors (Lipinski definition) is 4. The number of aromatic nitrogens is 4. The topological polar surface area (TPSA) is 65.2 Å². The summed E-state index contributed by atoms with van der Waals surface area (Å²) < 4.78 is 22.0. The Morgan fingerprint density at radius 3 is 2.68 bits per heavy atom. The molecule has 3 aromatic rings. The zero-order valence-electron chi connectivity index (χ0n) is 16.1. The highest BCUT2D eigenvalue weighted by atomic mass is 35.5. The fraction of sp³-hybridized carbons (Fsp3) is 0.316. The molecule has 0 fully saturated rings. The minimum Gasteiger partial charge on any atom is -0.471 e. The monoisotopic (exact) mass is 405 g/mol. The first-order valence-corrected chi connectivity index (χ1v) is 9.00. The van der Waals surface area contributed by atoms with Crippen LogP contribution in [0.4, 0.5) is 4.39 Å². The molecule has 0 aliphatic heterocycles. The van der Waals surface area contributed by atoms with E-state index >= 15 is 0 Å². The number of carbonyl (C=O) groups is 1. The van der Waals surface area contributed by atoms with Crippen LogP contribution in [-0.2, 0) is 20.3 Å². The molecule has 28 heavy (non-hydrogen) atoms. The van der Waals surface area contributed by atoms with E-state index in [9.17, 15) is 9.18 Å². The van der Waals surface area contributed by atoms with E-state index in [2.05, 4.69) is 10.2 Å². The summed E-state index contributed by atoms with van der Waals surface area (Å²) >= 11 is 5.73. The minimum absolute atomic E-state index is 0.0172. The second-order valence-electron chi connectivity index (χ2n) is 6.52. The van der Waals surface area contributed by atoms with Crippen molar-refractivity contribution in [3.8, 4) is 5.75 Å². The van der Waals surface area contributed by atoms with Gasteiger partial charge in [-0.2, -0.15) is 10.2 Å². The van der Waals surface area contributed by atoms with Gasteiger partial charge in [0, 0.05) is 44.2 Å². The standard InChI is InChI=1S/C19H21ClFN5O2/c1-12-15(13(2)25(4)22-12)10-24(3)19(27)18-7-8-26(23-18)11-28-14-5-6-17(21)16(20)9-14/h5-9H,10-11H2,1-4H3. The summed E-state index contributed by atoms with van der Waals surface area (Å²) in [7, 11) is 3.61. The molecule has 3 rings (SSSR count). The van der Waals surface area contributed by atoms with Gasteiger partial charge in [-0.3, -0.25) is 9.48 Å². The minimum atomic E-state index is -0.511. The Labute approximate surface area is 167 Å². The number of benzene rings is 1. The van der Waals surface area contributed by atoms with Crippen molar-refractivity contribution in [2.45, 2.75) is 27.1 Å². The summed E-state index contributed by atoms with van der Waals surface area (Å²) in [6, 6.07) is 5.72. The van der Waals surface area contributed by atoms with Crippen LogP contribution in [0.2, 0.25) is 5.02 Å². The van der Waals surface area contributed by atoms with E-state index < -0.39 is 5.82 Å². The lowest BCUT2D eigenvalue weighted by Gasteiger charge is -2.16. The third-order valence-corrected chi connectivity index (χ3v) is 4.80. The van der Waals surface area contributed by atoms with Crippen molar-refractivity contribution < 1.29 is 13.9 Å². The maximum absolute atomic E-state index is 13.2. The fourth-order valence-corrected chi connectivity index (χ4v) is 2.98. The van der Waals surface area contributed by atoms with Gasteiger partial charge >= 0.3 is 0 Å². The number of amides is 1. The van der Waals surface area contributed by atoms with Gasteiger partial charge in [-0.1, -0.05) is 11.6 Å². The van der Waals surface area contributed by atoms with Crippen LogP contribution in [0.5, 0.6) is 5.75 Å². The maximum Gasteiger partial charge on any atom is 0.274 e. The molecular weight excluding hydrogens is 385 g/mol. The molecule has 0 spiro atoms. The van der Waals surface area contributed by atoms with Crippen molar-refractivity contribution in [3.05, 3.63) is 63.9 Å². The van der Waals surface area contributed by atoms with Gasteiger partial charge in [0.05, 0.1) is 10.7 Å². The van der Waals surface area contributed by atoms with E-state index in [1.54, 1.807) is 28.9 Å². The Balaban J connectivity index is 1.63. The van der Waals surface area contributed by atoms with Gasteiger partial charge in [-0.15, -0.1) is 0 Å². The lowest BCUT2D eigenvalue weighted by molar-refractivity contribution is 0.0776. The number of hydrogen-bond donors (Lipinski definition) is 0. The molecule has 0 saturated heterocycles. The van der Waals surface area contributed by atoms with Crippen molar-refractivity contribution >= 4 is 17.5 Å². The Hall–Kier alpha value is -2.87. The van der Waals surface area contributed by atoms with Crippen LogP contribution in [0.3, 0.4) is 0 Å². The summed E-state index contributed by atoms with van der Waals surface area (Å²) in [6.07, 6.45) is 1.65. The van der Waals surface area contributed by atoms with Crippen LogP contribution in [0.25, 0.3) is 0 Å². The Morgan fingerprint density at radius 2 is 2.04 bits per heavy atom. The van der Waals surface area contributed by atoms with E-state index in [4.69, 9.17) is 16.3 Å². The van der Waals surface area contributed by atoms with E-state index in [1.807, 2.05) is 20.9 Å². The molecule has 0 aliphatic carbocycles. The maximum atomic E-state index is 13.2. The van der Waals surface area contributed by atoms with Crippen LogP contribution < -0.4 is 4.74 Å². The van der Waals surface area contributed by atoms with Crippen LogP contribution in [0.15, 0.2) is 30.5 Å². The number of aryl methyl sites for hydroxylation is 2. The van der Waals surface area contributed by atoms with Gasteiger partial charge in [0.25, 0.3) is 5.91 Å². The quantitative estimate of drug-likeness (QED) is 0.631. The molecule has 2 heterocycles. The first kappa shape index (κ1) is 19.9. The zero-order chi connectivity index (χ0) is 20.4. The van der Waals surface area contributed by atoms with Crippen molar-refractivity contribution in [3.63, 3.8) is 0 Å². The first-order chi connectivity index (χ1) is 13.3. The van der Waals surface area contributed by atoms with Crippen LogP contribution >= 0.6 is 11.6 Å². The van der Waals surface area contributed by atoms with Crippen molar-refractivity contribution in [1.82, 2.24) is 24.5 Å². The molecular formula is C19H21ClFN5O2. The Morgan fingerprint density at radius 1 is 1.29 bits per heavy atom. The number of carbonyl (C=O) groups excluding carboxylic acids is 1. The van der Waals surface area contributed by atoms with E-state index in [-0.39, 0.29) is 17.7 Å².